The number of nitrogens with zero attached hydrogens (tertiary/aromatic N) is 4. The van der Waals surface area contributed by atoms with E-state index in [2.05, 4.69) is 38.9 Å². The van der Waals surface area contributed by atoms with E-state index in [-0.39, 0.29) is 0 Å². The van der Waals surface area contributed by atoms with Crippen LogP contribution < -0.4 is 5.01 Å². The molecular weight excluding hydrogens is 342 g/mol. The molecule has 0 bridgehead atoms. The van der Waals surface area contributed by atoms with Crippen molar-refractivity contribution < 1.29 is 0 Å². The molecule has 0 aliphatic carbocycles. The van der Waals surface area contributed by atoms with Crippen molar-refractivity contribution in [1.29, 1.82) is 0 Å². The molecule has 4 rings (SSSR count). The lowest BCUT2D eigenvalue weighted by Crippen LogP contribution is -2.46. The molecule has 128 valence electrons. The maximum Gasteiger partial charge on any atom is 0.143 e. The minimum absolute atomic E-state index is 0.402. The summed E-state index contributed by atoms with van der Waals surface area (Å²) in [6.07, 6.45) is 8.35. The molecule has 0 spiro atoms. The number of H-pyrrole nitrogens is 1. The second kappa shape index (κ2) is 6.15. The zero-order valence-electron chi connectivity index (χ0n) is 14.0. The smallest absolute Gasteiger partial charge is 0.143 e. The van der Waals surface area contributed by atoms with E-state index in [1.54, 1.807) is 0 Å². The first kappa shape index (κ1) is 16.1. The van der Waals surface area contributed by atoms with Gasteiger partial charge in [-0.15, -0.1) is 11.6 Å². The van der Waals surface area contributed by atoms with Gasteiger partial charge in [-0.05, 0) is 36.3 Å². The lowest BCUT2D eigenvalue weighted by molar-refractivity contribution is 0.264. The van der Waals surface area contributed by atoms with E-state index in [0.717, 1.165) is 41.0 Å². The van der Waals surface area contributed by atoms with Gasteiger partial charge in [0.15, 0.2) is 0 Å². The van der Waals surface area contributed by atoms with Crippen LogP contribution in [0.25, 0.3) is 22.1 Å². The number of thioether (sulfide) groups is 1. The quantitative estimate of drug-likeness (QED) is 0.717. The van der Waals surface area contributed by atoms with Gasteiger partial charge in [-0.1, -0.05) is 6.92 Å². The molecule has 0 radical (unpaired) electrons. The molecule has 0 atom stereocenters. The van der Waals surface area contributed by atoms with Crippen molar-refractivity contribution in [3.8, 4) is 0 Å². The van der Waals surface area contributed by atoms with Crippen LogP contribution in [0.5, 0.6) is 0 Å². The van der Waals surface area contributed by atoms with E-state index >= 15 is 0 Å². The van der Waals surface area contributed by atoms with Crippen molar-refractivity contribution in [2.75, 3.05) is 30.1 Å². The zero-order chi connectivity index (χ0) is 16.7. The van der Waals surface area contributed by atoms with E-state index in [4.69, 9.17) is 16.6 Å². The first-order valence-electron chi connectivity index (χ1n) is 8.29. The van der Waals surface area contributed by atoms with Crippen LogP contribution in [0.3, 0.4) is 0 Å². The summed E-state index contributed by atoms with van der Waals surface area (Å²) >= 11 is 8.16. The van der Waals surface area contributed by atoms with Crippen molar-refractivity contribution in [1.82, 2.24) is 19.6 Å². The van der Waals surface area contributed by atoms with Crippen LogP contribution in [0.2, 0.25) is 0 Å². The Morgan fingerprint density at radius 1 is 1.38 bits per heavy atom. The van der Waals surface area contributed by atoms with Crippen molar-refractivity contribution in [3.05, 3.63) is 24.3 Å². The number of hydrogen-bond donors (Lipinski definition) is 1. The Morgan fingerprint density at radius 3 is 2.88 bits per heavy atom. The molecule has 0 unspecified atom stereocenters. The van der Waals surface area contributed by atoms with Gasteiger partial charge in [-0.3, -0.25) is 0 Å². The third-order valence-electron chi connectivity index (χ3n) is 5.09. The summed E-state index contributed by atoms with van der Waals surface area (Å²) in [5.41, 5.74) is 3.35. The number of nitrogens with one attached hydrogen (secondary N) is 1. The molecule has 4 heterocycles. The Hall–Kier alpha value is -1.40. The van der Waals surface area contributed by atoms with Gasteiger partial charge in [0.05, 0.1) is 12.1 Å². The number of imidazole rings is 1. The predicted molar refractivity (Wildman–Crippen MR) is 103 cm³/mol. The van der Waals surface area contributed by atoms with E-state index in [0.29, 0.717) is 11.3 Å². The van der Waals surface area contributed by atoms with Gasteiger partial charge >= 0.3 is 0 Å². The fraction of sp³-hybridized carbons (Fsp3) is 0.529. The lowest BCUT2D eigenvalue weighted by Gasteiger charge is -2.41. The minimum atomic E-state index is 0.402. The molecule has 0 amide bonds. The van der Waals surface area contributed by atoms with Gasteiger partial charge in [-0.2, -0.15) is 11.8 Å². The second-order valence-corrected chi connectivity index (χ2v) is 8.04. The standard InChI is InChI=1S/C17H22ClN5S/c1-17(11-24-2)4-7-22(8-5-17)23-14(9-18)21-13-10-20-16-12(15(13)23)3-6-19-16/h3,6,10H,4-5,7-9,11H2,1-2H3,(H,19,20). The van der Waals surface area contributed by atoms with Gasteiger partial charge in [0.1, 0.15) is 22.5 Å². The number of piperidine rings is 1. The molecule has 1 N–H and O–H groups in total. The highest BCUT2D eigenvalue weighted by Gasteiger charge is 2.31. The molecule has 3 aromatic heterocycles. The number of aromatic amines is 1. The summed E-state index contributed by atoms with van der Waals surface area (Å²) in [4.78, 5) is 12.4. The fourth-order valence-corrected chi connectivity index (χ4v) is 4.88. The first-order valence-corrected chi connectivity index (χ1v) is 10.2. The van der Waals surface area contributed by atoms with E-state index in [9.17, 15) is 0 Å². The van der Waals surface area contributed by atoms with Crippen LogP contribution in [-0.4, -0.2) is 44.7 Å². The fourth-order valence-electron chi connectivity index (χ4n) is 3.72. The number of alkyl halides is 1. The normalized spacial score (nSPS) is 17.9. The Balaban J connectivity index is 1.77. The van der Waals surface area contributed by atoms with Crippen molar-refractivity contribution in [2.24, 2.45) is 5.41 Å². The van der Waals surface area contributed by atoms with E-state index in [1.165, 1.54) is 18.6 Å². The highest BCUT2D eigenvalue weighted by atomic mass is 35.5. The number of hydrogen-bond acceptors (Lipinski definition) is 4. The topological polar surface area (TPSA) is 49.7 Å². The average Bonchev–Trinajstić information content (AvgIpc) is 3.18. The van der Waals surface area contributed by atoms with Gasteiger partial charge in [-0.25, -0.2) is 14.6 Å². The van der Waals surface area contributed by atoms with Crippen molar-refractivity contribution in [3.63, 3.8) is 0 Å². The summed E-state index contributed by atoms with van der Waals surface area (Å²) < 4.78 is 2.23. The van der Waals surface area contributed by atoms with Gasteiger partial charge in [0.2, 0.25) is 0 Å². The number of aromatic nitrogens is 4. The molecule has 24 heavy (non-hydrogen) atoms. The van der Waals surface area contributed by atoms with Crippen LogP contribution in [0.1, 0.15) is 25.6 Å². The highest BCUT2D eigenvalue weighted by molar-refractivity contribution is 7.98. The summed E-state index contributed by atoms with van der Waals surface area (Å²) in [5, 5.41) is 3.51. The maximum atomic E-state index is 6.21. The number of pyridine rings is 1. The lowest BCUT2D eigenvalue weighted by atomic mass is 9.83. The zero-order valence-corrected chi connectivity index (χ0v) is 15.6. The monoisotopic (exact) mass is 363 g/mol. The molecule has 1 fully saturated rings. The summed E-state index contributed by atoms with van der Waals surface area (Å²) in [7, 11) is 0. The number of fused-ring (bicyclic) bond motifs is 3. The summed E-state index contributed by atoms with van der Waals surface area (Å²) in [6, 6.07) is 2.07. The Kier molecular flexibility index (Phi) is 4.12. The molecule has 1 saturated heterocycles. The van der Waals surface area contributed by atoms with Crippen LogP contribution in [0, 0.1) is 5.41 Å². The Bertz CT molecular complexity index is 862. The number of halogens is 1. The number of rotatable bonds is 4. The minimum Gasteiger partial charge on any atom is -0.346 e. The molecule has 0 aromatic carbocycles. The van der Waals surface area contributed by atoms with Crippen LogP contribution >= 0.6 is 23.4 Å². The molecular formula is C17H22ClN5S. The van der Waals surface area contributed by atoms with Crippen LogP contribution in [0.4, 0.5) is 0 Å². The summed E-state index contributed by atoms with van der Waals surface area (Å²) in [6.45, 7) is 4.46. The first-order chi connectivity index (χ1) is 11.6. The molecule has 1 aliphatic rings. The van der Waals surface area contributed by atoms with Gasteiger partial charge in [0, 0.05) is 24.7 Å². The van der Waals surface area contributed by atoms with Crippen LogP contribution in [-0.2, 0) is 5.88 Å². The maximum absolute atomic E-state index is 6.21. The van der Waals surface area contributed by atoms with E-state index < -0.39 is 0 Å². The molecule has 5 nitrogen and oxygen atoms in total. The average molecular weight is 364 g/mol. The molecule has 7 heteroatoms. The van der Waals surface area contributed by atoms with E-state index in [1.807, 2.05) is 24.2 Å². The molecule has 1 aliphatic heterocycles. The third kappa shape index (κ3) is 2.56. The Morgan fingerprint density at radius 2 is 2.17 bits per heavy atom. The van der Waals surface area contributed by atoms with Crippen LogP contribution in [0.15, 0.2) is 18.5 Å². The third-order valence-corrected chi connectivity index (χ3v) is 6.31. The van der Waals surface area contributed by atoms with Crippen molar-refractivity contribution >= 4 is 45.4 Å². The Labute approximate surface area is 150 Å². The molecule has 3 aromatic rings. The predicted octanol–water partition coefficient (Wildman–Crippen LogP) is 3.75. The molecule has 0 saturated carbocycles. The van der Waals surface area contributed by atoms with Gasteiger partial charge in [0.25, 0.3) is 0 Å². The second-order valence-electron chi connectivity index (χ2n) is 6.90. The SMILES string of the molecule is CSCC1(C)CCN(n2c(CCl)nc3cnc4[nH]ccc4c32)CC1. The largest absolute Gasteiger partial charge is 0.346 e. The van der Waals surface area contributed by atoms with Gasteiger partial charge < -0.3 is 9.99 Å². The highest BCUT2D eigenvalue weighted by Crippen LogP contribution is 2.34. The summed E-state index contributed by atoms with van der Waals surface area (Å²) in [5.74, 6) is 2.52. The van der Waals surface area contributed by atoms with Crippen molar-refractivity contribution in [2.45, 2.75) is 25.6 Å².